The Bertz CT molecular complexity index is 1460. The summed E-state index contributed by atoms with van der Waals surface area (Å²) in [6.07, 6.45) is 1.70. The summed E-state index contributed by atoms with van der Waals surface area (Å²) >= 11 is 6.42. The van der Waals surface area contributed by atoms with Crippen LogP contribution < -0.4 is 14.4 Å². The molecule has 41 heavy (non-hydrogen) atoms. The van der Waals surface area contributed by atoms with Crippen LogP contribution in [0.25, 0.3) is 0 Å². The van der Waals surface area contributed by atoms with E-state index >= 15 is 0 Å². The first-order chi connectivity index (χ1) is 19.5. The smallest absolute Gasteiger partial charge is 0.264 e. The van der Waals surface area contributed by atoms with Crippen LogP contribution in [0, 0.1) is 13.8 Å². The lowest BCUT2D eigenvalue weighted by molar-refractivity contribution is -0.139. The predicted octanol–water partition coefficient (Wildman–Crippen LogP) is 5.49. The molecule has 0 radical (unpaired) electrons. The normalized spacial score (nSPS) is 12.0. The van der Waals surface area contributed by atoms with Crippen molar-refractivity contribution in [2.24, 2.45) is 0 Å². The van der Waals surface area contributed by atoms with Crippen LogP contribution in [0.1, 0.15) is 43.4 Å². The second-order valence-corrected chi connectivity index (χ2v) is 12.2. The van der Waals surface area contributed by atoms with Crippen molar-refractivity contribution in [3.05, 3.63) is 88.4 Å². The highest BCUT2D eigenvalue weighted by molar-refractivity contribution is 7.92. The van der Waals surface area contributed by atoms with Crippen molar-refractivity contribution in [2.45, 2.75) is 58.0 Å². The Kier molecular flexibility index (Phi) is 11.2. The van der Waals surface area contributed by atoms with Crippen LogP contribution in [0.5, 0.6) is 5.75 Å². The molecule has 0 saturated carbocycles. The molecule has 8 nitrogen and oxygen atoms in total. The van der Waals surface area contributed by atoms with E-state index in [1.807, 2.05) is 20.8 Å². The molecule has 3 rings (SSSR count). The van der Waals surface area contributed by atoms with Crippen LogP contribution in [-0.4, -0.2) is 51.4 Å². The number of aryl methyl sites for hydroxylation is 2. The summed E-state index contributed by atoms with van der Waals surface area (Å²) in [4.78, 5) is 28.6. The molecule has 2 amide bonds. The van der Waals surface area contributed by atoms with Gasteiger partial charge in [0.15, 0.2) is 0 Å². The number of benzene rings is 3. The zero-order valence-corrected chi connectivity index (χ0v) is 25.8. The van der Waals surface area contributed by atoms with Crippen molar-refractivity contribution in [1.82, 2.24) is 10.2 Å². The van der Waals surface area contributed by atoms with Gasteiger partial charge in [-0.2, -0.15) is 0 Å². The number of hydrogen-bond donors (Lipinski definition) is 1. The fraction of sp³-hybridized carbons (Fsp3) is 0.355. The van der Waals surface area contributed by atoms with Crippen molar-refractivity contribution in [2.75, 3.05) is 24.5 Å². The predicted molar refractivity (Wildman–Crippen MR) is 163 cm³/mol. The summed E-state index contributed by atoms with van der Waals surface area (Å²) in [6, 6.07) is 17.7. The van der Waals surface area contributed by atoms with Gasteiger partial charge < -0.3 is 15.0 Å². The Balaban J connectivity index is 2.08. The third-order valence-corrected chi connectivity index (χ3v) is 8.93. The molecule has 0 saturated heterocycles. The number of amides is 2. The second-order valence-electron chi connectivity index (χ2n) is 9.93. The van der Waals surface area contributed by atoms with Gasteiger partial charge in [0, 0.05) is 18.1 Å². The summed E-state index contributed by atoms with van der Waals surface area (Å²) in [5.74, 6) is -0.607. The van der Waals surface area contributed by atoms with Crippen molar-refractivity contribution in [1.29, 1.82) is 0 Å². The van der Waals surface area contributed by atoms with E-state index in [1.54, 1.807) is 61.5 Å². The Hall–Kier alpha value is -3.56. The van der Waals surface area contributed by atoms with Gasteiger partial charge in [0.2, 0.25) is 11.8 Å². The molecule has 3 aromatic rings. The Labute approximate surface area is 248 Å². The number of hydrogen-bond acceptors (Lipinski definition) is 5. The molecular weight excluding hydrogens is 562 g/mol. The monoisotopic (exact) mass is 599 g/mol. The molecule has 3 aromatic carbocycles. The largest absolute Gasteiger partial charge is 0.495 e. The van der Waals surface area contributed by atoms with E-state index in [2.05, 4.69) is 5.32 Å². The van der Waals surface area contributed by atoms with Gasteiger partial charge in [-0.05, 0) is 68.7 Å². The Morgan fingerprint density at radius 1 is 1.00 bits per heavy atom. The van der Waals surface area contributed by atoms with Crippen molar-refractivity contribution in [3.8, 4) is 5.75 Å². The molecule has 0 aliphatic carbocycles. The molecule has 220 valence electrons. The number of methoxy groups -OCH3 is 1. The average Bonchev–Trinajstić information content (AvgIpc) is 2.95. The van der Waals surface area contributed by atoms with E-state index < -0.39 is 28.5 Å². The third kappa shape index (κ3) is 8.01. The average molecular weight is 600 g/mol. The van der Waals surface area contributed by atoms with E-state index in [-0.39, 0.29) is 23.0 Å². The maximum atomic E-state index is 14.1. The number of carbonyl (C=O) groups is 2. The molecule has 0 unspecified atom stereocenters. The number of ether oxygens (including phenoxy) is 1. The summed E-state index contributed by atoms with van der Waals surface area (Å²) in [6.45, 7) is 7.27. The van der Waals surface area contributed by atoms with Gasteiger partial charge >= 0.3 is 0 Å². The molecule has 0 bridgehead atoms. The lowest BCUT2D eigenvalue weighted by Gasteiger charge is -2.32. The number of nitrogens with zero attached hydrogens (tertiary/aromatic N) is 2. The number of nitrogens with one attached hydrogen (secondary N) is 1. The summed E-state index contributed by atoms with van der Waals surface area (Å²) in [5.41, 5.74) is 2.54. The molecule has 10 heteroatoms. The first-order valence-electron chi connectivity index (χ1n) is 13.5. The molecule has 0 aliphatic heterocycles. The fourth-order valence-corrected chi connectivity index (χ4v) is 5.89. The maximum Gasteiger partial charge on any atom is 0.264 e. The van der Waals surface area contributed by atoms with Gasteiger partial charge in [0.25, 0.3) is 10.0 Å². The summed E-state index contributed by atoms with van der Waals surface area (Å²) < 4.78 is 34.7. The first-order valence-corrected chi connectivity index (χ1v) is 15.4. The maximum absolute atomic E-state index is 14.1. The highest BCUT2D eigenvalue weighted by Gasteiger charge is 2.34. The van der Waals surface area contributed by atoms with E-state index in [9.17, 15) is 18.0 Å². The number of anilines is 1. The minimum atomic E-state index is -4.21. The number of sulfonamides is 1. The van der Waals surface area contributed by atoms with Crippen LogP contribution >= 0.6 is 11.6 Å². The topological polar surface area (TPSA) is 96.0 Å². The van der Waals surface area contributed by atoms with E-state index in [4.69, 9.17) is 16.3 Å². The minimum Gasteiger partial charge on any atom is -0.495 e. The van der Waals surface area contributed by atoms with Gasteiger partial charge in [0.1, 0.15) is 18.3 Å². The molecule has 0 aromatic heterocycles. The van der Waals surface area contributed by atoms with Crippen LogP contribution in [0.3, 0.4) is 0 Å². The van der Waals surface area contributed by atoms with Crippen LogP contribution in [-0.2, 0) is 26.2 Å². The van der Waals surface area contributed by atoms with Crippen LogP contribution in [0.15, 0.2) is 71.6 Å². The second kappa shape index (κ2) is 14.4. The molecule has 1 atom stereocenters. The Morgan fingerprint density at radius 3 is 2.29 bits per heavy atom. The Morgan fingerprint density at radius 2 is 1.66 bits per heavy atom. The van der Waals surface area contributed by atoms with Gasteiger partial charge in [-0.1, -0.05) is 66.9 Å². The SMILES string of the molecule is CCCCNC(=O)[C@H](C)N(Cc1ccccc1Cl)C(=O)CN(c1cc(C)ccc1OC)S(=O)(=O)c1ccc(C)cc1. The van der Waals surface area contributed by atoms with E-state index in [0.717, 1.165) is 28.3 Å². The van der Waals surface area contributed by atoms with Crippen LogP contribution in [0.2, 0.25) is 5.02 Å². The third-order valence-electron chi connectivity index (χ3n) is 6.79. The molecule has 0 spiro atoms. The molecule has 1 N–H and O–H groups in total. The number of unbranched alkanes of at least 4 members (excludes halogenated alkanes) is 1. The zero-order chi connectivity index (χ0) is 30.2. The van der Waals surface area contributed by atoms with Gasteiger partial charge in [-0.25, -0.2) is 8.42 Å². The highest BCUT2D eigenvalue weighted by atomic mass is 35.5. The molecule has 0 heterocycles. The van der Waals surface area contributed by atoms with Crippen molar-refractivity contribution >= 4 is 39.1 Å². The minimum absolute atomic E-state index is 0.0181. The van der Waals surface area contributed by atoms with Gasteiger partial charge in [-0.15, -0.1) is 0 Å². The van der Waals surface area contributed by atoms with Crippen molar-refractivity contribution < 1.29 is 22.7 Å². The zero-order valence-electron chi connectivity index (χ0n) is 24.2. The van der Waals surface area contributed by atoms with Gasteiger partial charge in [-0.3, -0.25) is 13.9 Å². The quantitative estimate of drug-likeness (QED) is 0.262. The number of halogens is 1. The highest BCUT2D eigenvalue weighted by Crippen LogP contribution is 2.34. The van der Waals surface area contributed by atoms with E-state index in [0.29, 0.717) is 22.9 Å². The number of carbonyl (C=O) groups excluding carboxylic acids is 2. The molecule has 0 aliphatic rings. The molecule has 0 fully saturated rings. The van der Waals surface area contributed by atoms with Gasteiger partial charge in [0.05, 0.1) is 17.7 Å². The lowest BCUT2D eigenvalue weighted by Crippen LogP contribution is -2.51. The summed E-state index contributed by atoms with van der Waals surface area (Å²) in [7, 11) is -2.77. The van der Waals surface area contributed by atoms with E-state index in [1.165, 1.54) is 24.1 Å². The lowest BCUT2D eigenvalue weighted by atomic mass is 10.1. The van der Waals surface area contributed by atoms with Crippen LogP contribution in [0.4, 0.5) is 5.69 Å². The number of rotatable bonds is 13. The van der Waals surface area contributed by atoms with Crippen molar-refractivity contribution in [3.63, 3.8) is 0 Å². The summed E-state index contributed by atoms with van der Waals surface area (Å²) in [5, 5.41) is 3.31. The standard InChI is InChI=1S/C31H38ClN3O5S/c1-6-7-18-33-31(37)24(4)34(20-25-10-8-9-11-27(25)32)30(36)21-35(28-19-23(3)14-17-29(28)40-5)41(38,39)26-15-12-22(2)13-16-26/h8-17,19,24H,6-7,18,20-21H2,1-5H3,(H,33,37)/t24-/m0/s1. The molecular formula is C31H38ClN3O5S. The fourth-order valence-electron chi connectivity index (χ4n) is 4.27. The first kappa shape index (κ1) is 32.0.